The third-order valence-electron chi connectivity index (χ3n) is 8.90. The zero-order chi connectivity index (χ0) is 44.1. The number of benzene rings is 2. The van der Waals surface area contributed by atoms with Crippen molar-refractivity contribution in [2.45, 2.75) is 78.3 Å². The quantitative estimate of drug-likeness (QED) is 0.0446. The topological polar surface area (TPSA) is 306 Å². The smallest absolute Gasteiger partial charge is 0.338 e. The highest BCUT2D eigenvalue weighted by Gasteiger charge is 2.20. The number of carboxylic acids is 2. The van der Waals surface area contributed by atoms with Crippen LogP contribution in [0.4, 0.5) is 0 Å². The van der Waals surface area contributed by atoms with Gasteiger partial charge in [-0.3, -0.25) is 14.4 Å². The molecule has 0 aliphatic rings. The molecule has 322 valence electrons. The van der Waals surface area contributed by atoms with Crippen LogP contribution in [-0.4, -0.2) is 99.0 Å². The number of aliphatic carboxylic acids is 2. The number of hydrogen-bond donors (Lipinski definition) is 3. The molecule has 2 aromatic heterocycles. The molecule has 0 aliphatic heterocycles. The number of aliphatic hydroxyl groups is 1. The van der Waals surface area contributed by atoms with Crippen LogP contribution in [0.15, 0.2) is 65.2 Å². The second-order valence-corrected chi connectivity index (χ2v) is 13.0. The zero-order valence-corrected chi connectivity index (χ0v) is 32.3. The molecule has 0 bridgehead atoms. The summed E-state index contributed by atoms with van der Waals surface area (Å²) in [6.07, 6.45) is -0.485. The lowest BCUT2D eigenvalue weighted by Gasteiger charge is -2.14. The molecule has 0 atom stereocenters. The van der Waals surface area contributed by atoms with Gasteiger partial charge in [0.25, 0.3) is 0 Å². The van der Waals surface area contributed by atoms with Gasteiger partial charge in [0.2, 0.25) is 0 Å². The lowest BCUT2D eigenvalue weighted by Crippen LogP contribution is -2.55. The second-order valence-electron chi connectivity index (χ2n) is 13.0. The fourth-order valence-corrected chi connectivity index (χ4v) is 5.76. The number of carbonyl (C=O) groups is 5. The molecule has 4 rings (SSSR count). The monoisotopic (exact) mass is 842 g/mol. The summed E-state index contributed by atoms with van der Waals surface area (Å²) in [7, 11) is 0. The van der Waals surface area contributed by atoms with Crippen LogP contribution < -0.4 is 34.1 Å². The van der Waals surface area contributed by atoms with Gasteiger partial charge in [0.15, 0.2) is 0 Å². The standard InChI is InChI=1S/C37H42N6O17/c1-2-3-18-59-30(50)25-6-4-24-22-26(7-5-23(24)21-25)31(51)60-20-16-43-36(56)41(14-17-44)35(55)42(37(43)57)15-19-58-29(49)10-13-40-33(53)38(11-8-27(45)46)32(52)39(34(40)54)12-9-28(47)48/h4-7,21-22,44H,2-3,8-20H2,1H3,(H,45,46)(H,47,48). The number of unbranched alkanes of at least 4 members (excludes halogenated alkanes) is 1. The second kappa shape index (κ2) is 21.0. The molecule has 23 nitrogen and oxygen atoms in total. The number of rotatable bonds is 22. The summed E-state index contributed by atoms with van der Waals surface area (Å²) in [5.74, 6) is -5.11. The van der Waals surface area contributed by atoms with E-state index in [1.54, 1.807) is 24.3 Å². The van der Waals surface area contributed by atoms with E-state index in [1.807, 2.05) is 6.92 Å². The molecule has 60 heavy (non-hydrogen) atoms. The SMILES string of the molecule is CCCCOC(=O)c1ccc2cc(C(=O)OCCn3c(=O)n(CCO)c(=O)n(CCOC(=O)CCn4c(=O)n(CCC(=O)O)c(=O)n(CCC(=O)O)c4=O)c3=O)ccc2c1. The number of aromatic nitrogens is 6. The Labute approximate surface area is 336 Å². The maximum Gasteiger partial charge on any atom is 0.338 e. The molecule has 0 amide bonds. The summed E-state index contributed by atoms with van der Waals surface area (Å²) < 4.78 is 18.5. The highest BCUT2D eigenvalue weighted by atomic mass is 16.5. The Hall–Kier alpha value is -7.17. The highest BCUT2D eigenvalue weighted by Crippen LogP contribution is 2.19. The van der Waals surface area contributed by atoms with Crippen molar-refractivity contribution in [3.63, 3.8) is 0 Å². The van der Waals surface area contributed by atoms with Crippen molar-refractivity contribution in [1.82, 2.24) is 27.4 Å². The van der Waals surface area contributed by atoms with Crippen molar-refractivity contribution in [3.05, 3.63) is 110 Å². The Morgan fingerprint density at radius 3 is 1.27 bits per heavy atom. The van der Waals surface area contributed by atoms with Crippen LogP contribution in [-0.2, 0) is 67.9 Å². The number of nitrogens with zero attached hydrogens (tertiary/aromatic N) is 6. The molecule has 0 fully saturated rings. The van der Waals surface area contributed by atoms with Crippen LogP contribution in [0.25, 0.3) is 10.8 Å². The van der Waals surface area contributed by atoms with E-state index in [9.17, 15) is 57.8 Å². The Bertz CT molecular complexity index is 2590. The van der Waals surface area contributed by atoms with E-state index < -0.39 is 142 Å². The average molecular weight is 843 g/mol. The summed E-state index contributed by atoms with van der Waals surface area (Å²) in [4.78, 5) is 138. The lowest BCUT2D eigenvalue weighted by molar-refractivity contribution is -0.144. The summed E-state index contributed by atoms with van der Waals surface area (Å²) in [5, 5.41) is 28.7. The minimum atomic E-state index is -1.38. The van der Waals surface area contributed by atoms with Crippen molar-refractivity contribution in [1.29, 1.82) is 0 Å². The van der Waals surface area contributed by atoms with E-state index in [0.29, 0.717) is 50.3 Å². The summed E-state index contributed by atoms with van der Waals surface area (Å²) in [5.41, 5.74) is -6.76. The average Bonchev–Trinajstić information content (AvgIpc) is 3.21. The van der Waals surface area contributed by atoms with Crippen LogP contribution in [0.5, 0.6) is 0 Å². The Kier molecular flexibility index (Phi) is 15.9. The van der Waals surface area contributed by atoms with Gasteiger partial charge in [0.05, 0.1) is 63.2 Å². The summed E-state index contributed by atoms with van der Waals surface area (Å²) in [6.45, 7) is -3.28. The molecule has 0 spiro atoms. The molecule has 2 heterocycles. The predicted octanol–water partition coefficient (Wildman–Crippen LogP) is -1.80. The van der Waals surface area contributed by atoms with Crippen molar-refractivity contribution in [2.24, 2.45) is 0 Å². The van der Waals surface area contributed by atoms with E-state index >= 15 is 0 Å². The van der Waals surface area contributed by atoms with Crippen LogP contribution in [0, 0.1) is 0 Å². The van der Waals surface area contributed by atoms with Gasteiger partial charge in [-0.05, 0) is 41.5 Å². The predicted molar refractivity (Wildman–Crippen MR) is 205 cm³/mol. The van der Waals surface area contributed by atoms with E-state index in [1.165, 1.54) is 12.1 Å². The first kappa shape index (κ1) is 45.5. The molecule has 0 aliphatic carbocycles. The van der Waals surface area contributed by atoms with Gasteiger partial charge in [0.1, 0.15) is 13.2 Å². The molecule has 0 saturated carbocycles. The van der Waals surface area contributed by atoms with Crippen LogP contribution in [0.3, 0.4) is 0 Å². The fourth-order valence-electron chi connectivity index (χ4n) is 5.76. The molecule has 2 aromatic carbocycles. The Morgan fingerprint density at radius 2 is 0.867 bits per heavy atom. The normalized spacial score (nSPS) is 11.0. The molecule has 0 radical (unpaired) electrons. The molecule has 23 heteroatoms. The largest absolute Gasteiger partial charge is 0.481 e. The van der Waals surface area contributed by atoms with Gasteiger partial charge in [0, 0.05) is 19.6 Å². The number of fused-ring (bicyclic) bond motifs is 1. The number of carboxylic acid groups (broad SMARTS) is 2. The van der Waals surface area contributed by atoms with Crippen molar-refractivity contribution < 1.29 is 53.5 Å². The Morgan fingerprint density at radius 1 is 0.500 bits per heavy atom. The van der Waals surface area contributed by atoms with E-state index in [2.05, 4.69) is 0 Å². The van der Waals surface area contributed by atoms with Crippen LogP contribution in [0.2, 0.25) is 0 Å². The number of aliphatic hydroxyl groups excluding tert-OH is 1. The number of hydrogen-bond acceptors (Lipinski definition) is 15. The number of esters is 3. The van der Waals surface area contributed by atoms with Crippen molar-refractivity contribution >= 4 is 40.6 Å². The Balaban J connectivity index is 1.43. The van der Waals surface area contributed by atoms with Crippen LogP contribution >= 0.6 is 0 Å². The minimum absolute atomic E-state index is 0.117. The third-order valence-corrected chi connectivity index (χ3v) is 8.90. The summed E-state index contributed by atoms with van der Waals surface area (Å²) >= 11 is 0. The fraction of sp³-hybridized carbons (Fsp3) is 0.432. The van der Waals surface area contributed by atoms with E-state index in [4.69, 9.17) is 24.4 Å². The molecule has 0 saturated heterocycles. The minimum Gasteiger partial charge on any atom is -0.481 e. The molecule has 3 N–H and O–H groups in total. The van der Waals surface area contributed by atoms with Gasteiger partial charge in [-0.25, -0.2) is 65.8 Å². The third kappa shape index (κ3) is 11.3. The molecular weight excluding hydrogens is 800 g/mol. The first-order valence-electron chi connectivity index (χ1n) is 18.6. The summed E-state index contributed by atoms with van der Waals surface area (Å²) in [6, 6.07) is 9.37. The van der Waals surface area contributed by atoms with Gasteiger partial charge in [-0.1, -0.05) is 25.5 Å². The highest BCUT2D eigenvalue weighted by molar-refractivity contribution is 5.99. The maximum atomic E-state index is 13.3. The van der Waals surface area contributed by atoms with E-state index in [-0.39, 0.29) is 5.56 Å². The van der Waals surface area contributed by atoms with Crippen molar-refractivity contribution in [3.8, 4) is 0 Å². The number of carbonyl (C=O) groups excluding carboxylic acids is 3. The zero-order valence-electron chi connectivity index (χ0n) is 32.3. The first-order chi connectivity index (χ1) is 28.6. The van der Waals surface area contributed by atoms with Crippen LogP contribution in [0.1, 0.15) is 59.7 Å². The molecule has 0 unspecified atom stereocenters. The molecule has 4 aromatic rings. The van der Waals surface area contributed by atoms with Gasteiger partial charge >= 0.3 is 64.0 Å². The van der Waals surface area contributed by atoms with Gasteiger partial charge < -0.3 is 29.5 Å². The van der Waals surface area contributed by atoms with Gasteiger partial charge in [-0.15, -0.1) is 0 Å². The van der Waals surface area contributed by atoms with Gasteiger partial charge in [-0.2, -0.15) is 0 Å². The molecular formula is C37H42N6O17. The maximum absolute atomic E-state index is 13.3. The number of ether oxygens (including phenoxy) is 3. The lowest BCUT2D eigenvalue weighted by atomic mass is 10.0. The first-order valence-corrected chi connectivity index (χ1v) is 18.6. The van der Waals surface area contributed by atoms with E-state index in [0.717, 1.165) is 12.8 Å². The van der Waals surface area contributed by atoms with Crippen molar-refractivity contribution in [2.75, 3.05) is 26.4 Å².